The lowest BCUT2D eigenvalue weighted by molar-refractivity contribution is -0.128. The number of amides is 5. The number of nitrogens with zero attached hydrogens (tertiary/aromatic N) is 1. The number of halogens is 2. The lowest BCUT2D eigenvalue weighted by atomic mass is 9.78. The Morgan fingerprint density at radius 1 is 0.383 bits per heavy atom. The van der Waals surface area contributed by atoms with Gasteiger partial charge in [-0.05, 0) is 187 Å². The molecule has 0 saturated heterocycles. The summed E-state index contributed by atoms with van der Waals surface area (Å²) in [6.07, 6.45) is 28.9. The molecule has 0 spiro atoms. The molecule has 0 aromatic carbocycles. The number of pyridine rings is 1. The number of ketones is 4. The molecule has 0 saturated carbocycles. The highest BCUT2D eigenvalue weighted by Crippen LogP contribution is 2.32. The second-order valence-corrected chi connectivity index (χ2v) is 38.8. The zero-order valence-electron chi connectivity index (χ0n) is 87.8. The Balaban J connectivity index is -0.000000153. The van der Waals surface area contributed by atoms with Crippen LogP contribution in [-0.2, 0) is 49.7 Å². The van der Waals surface area contributed by atoms with Gasteiger partial charge in [-0.15, -0.1) is 0 Å². The molecule has 0 fully saturated rings. The molecule has 21 heteroatoms. The van der Waals surface area contributed by atoms with E-state index >= 15 is 0 Å². The smallest absolute Gasteiger partial charge is 0.223 e. The van der Waals surface area contributed by atoms with Crippen molar-refractivity contribution in [1.82, 2.24) is 31.6 Å². The van der Waals surface area contributed by atoms with Crippen molar-refractivity contribution in [3.05, 3.63) is 30.1 Å². The maximum Gasteiger partial charge on any atom is 0.223 e. The molecule has 1 heterocycles. The Morgan fingerprint density at radius 3 is 0.953 bits per heavy atom. The average molecular weight is 1830 g/mol. The van der Waals surface area contributed by atoms with E-state index in [0.29, 0.717) is 135 Å². The van der Waals surface area contributed by atoms with E-state index in [-0.39, 0.29) is 124 Å². The number of rotatable bonds is 59. The van der Waals surface area contributed by atoms with Gasteiger partial charge in [0.25, 0.3) is 0 Å². The maximum absolute atomic E-state index is 12.9. The number of hydrogen-bond acceptors (Lipinski definition) is 14. The first-order chi connectivity index (χ1) is 59.1. The average Bonchev–Trinajstić information content (AvgIpc) is 0.915. The van der Waals surface area contributed by atoms with Crippen molar-refractivity contribution in [2.75, 3.05) is 59.3 Å². The largest absolute Gasteiger partial charge is 0.395 e. The number of nitrogens with two attached hydrogens (primary N) is 1. The summed E-state index contributed by atoms with van der Waals surface area (Å²) < 4.78 is 25.8. The Hall–Kier alpha value is -5.12. The van der Waals surface area contributed by atoms with E-state index in [1.807, 2.05) is 25.1 Å². The molecule has 0 unspecified atom stereocenters. The number of carbonyl (C=O) groups excluding carboxylic acids is 9. The second-order valence-electron chi connectivity index (χ2n) is 38.8. The van der Waals surface area contributed by atoms with Gasteiger partial charge in [-0.25, -0.2) is 0 Å². The Bertz CT molecular complexity index is 2650. The Labute approximate surface area is 789 Å². The Morgan fingerprint density at radius 2 is 0.695 bits per heavy atom. The van der Waals surface area contributed by atoms with Crippen LogP contribution in [0.4, 0.5) is 8.78 Å². The van der Waals surface area contributed by atoms with E-state index in [4.69, 9.17) is 15.9 Å². The molecule has 764 valence electrons. The molecular weight excluding hydrogens is 1610 g/mol. The topological polar surface area (TPSA) is 313 Å². The molecule has 128 heavy (non-hydrogen) atoms. The lowest BCUT2D eigenvalue weighted by Crippen LogP contribution is -2.42. The molecule has 0 bridgehead atoms. The first kappa shape index (κ1) is 143. The molecule has 0 aliphatic carbocycles. The molecule has 5 amide bonds. The fraction of sp³-hybridized carbons (Fsp3) is 0.869. The predicted molar refractivity (Wildman–Crippen MR) is 543 cm³/mol. The van der Waals surface area contributed by atoms with E-state index in [1.165, 1.54) is 19.3 Å². The van der Waals surface area contributed by atoms with Gasteiger partial charge in [0, 0.05) is 100 Å². The molecule has 11 atom stereocenters. The van der Waals surface area contributed by atoms with Crippen molar-refractivity contribution in [1.29, 1.82) is 0 Å². The highest BCUT2D eigenvalue weighted by atomic mass is 19.1. The van der Waals surface area contributed by atoms with E-state index in [1.54, 1.807) is 40.8 Å². The van der Waals surface area contributed by atoms with Crippen LogP contribution in [0.15, 0.2) is 24.4 Å². The van der Waals surface area contributed by atoms with E-state index in [2.05, 4.69) is 219 Å². The summed E-state index contributed by atoms with van der Waals surface area (Å²) in [4.78, 5) is 107. The van der Waals surface area contributed by atoms with Crippen LogP contribution in [0.5, 0.6) is 0 Å². The highest BCUT2D eigenvalue weighted by Gasteiger charge is 2.30. The molecule has 1 rings (SSSR count). The number of unbranched alkanes of at least 4 members (excludes halogenated alkanes) is 4. The summed E-state index contributed by atoms with van der Waals surface area (Å²) in [6, 6.07) is 5.73. The summed E-state index contributed by atoms with van der Waals surface area (Å²) >= 11 is 0. The molecule has 0 aliphatic heterocycles. The first-order valence-electron chi connectivity index (χ1n) is 50.1. The van der Waals surface area contributed by atoms with Gasteiger partial charge in [0.05, 0.1) is 44.4 Å². The zero-order chi connectivity index (χ0) is 99.1. The number of alkyl halides is 2. The fourth-order valence-corrected chi connectivity index (χ4v) is 15.3. The van der Waals surface area contributed by atoms with Crippen LogP contribution >= 0.6 is 0 Å². The second kappa shape index (κ2) is 93.7. The normalized spacial score (nSPS) is 13.5. The van der Waals surface area contributed by atoms with E-state index in [9.17, 15) is 57.0 Å². The lowest BCUT2D eigenvalue weighted by Gasteiger charge is -2.27. The summed E-state index contributed by atoms with van der Waals surface area (Å²) in [6.45, 7) is 69.3. The van der Waals surface area contributed by atoms with Gasteiger partial charge >= 0.3 is 0 Å². The van der Waals surface area contributed by atoms with Crippen LogP contribution < -0.4 is 32.3 Å². The third-order valence-electron chi connectivity index (χ3n) is 23.2. The molecule has 0 aliphatic rings. The summed E-state index contributed by atoms with van der Waals surface area (Å²) in [5, 5.41) is 40.7. The van der Waals surface area contributed by atoms with Crippen LogP contribution in [0.2, 0.25) is 0 Å². The quantitative estimate of drug-likeness (QED) is 0.0293. The first-order valence-corrected chi connectivity index (χ1v) is 50.1. The summed E-state index contributed by atoms with van der Waals surface area (Å²) in [5.74, 6) is 7.79. The van der Waals surface area contributed by atoms with Crippen molar-refractivity contribution < 1.29 is 67.3 Å². The number of hydrogen-bond donors (Lipinski definition) is 9. The third kappa shape index (κ3) is 83.9. The van der Waals surface area contributed by atoms with Crippen molar-refractivity contribution >= 4 is 52.7 Å². The van der Waals surface area contributed by atoms with Gasteiger partial charge in [-0.3, -0.25) is 42.5 Å². The third-order valence-corrected chi connectivity index (χ3v) is 23.2. The van der Waals surface area contributed by atoms with Crippen molar-refractivity contribution in [2.24, 2.45) is 124 Å². The monoisotopic (exact) mass is 1830 g/mol. The minimum Gasteiger partial charge on any atom is -0.395 e. The SMILES string of the molecule is C.C.CCCC[C@@H](C(C)C)[C@@H](CF)CC(C)=O.CCCC[C@@H](C(C)C)[C@H](CF)CC(C)=O.CCCC[C@H](C(=O)NCCO)C(C)C.CCCC[C@H](CCC(C)=O)C(C)C.CCC[C@@H](C(=O)CC)C(C)C.CCC[C@@H](C(=O)NCC(C)(C)O)C(C)C.CCC[C@@H](C(=O)NCCN)C(C)C.CCC[C@@H](C(=O)NCCO)C(C)C.CCC[C@@H](C(=O)NCc1ccccn1)C(C)C. The number of carbonyl (C=O) groups is 9. The van der Waals surface area contributed by atoms with Gasteiger partial charge < -0.3 is 62.0 Å². The molecule has 1 aromatic heterocycles. The van der Waals surface area contributed by atoms with Crippen molar-refractivity contribution in [3.63, 3.8) is 0 Å². The van der Waals surface area contributed by atoms with Crippen LogP contribution in [0.3, 0.4) is 0 Å². The van der Waals surface area contributed by atoms with Crippen LogP contribution in [0.1, 0.15) is 422 Å². The molecule has 1 aromatic rings. The summed E-state index contributed by atoms with van der Waals surface area (Å²) in [7, 11) is 0. The summed E-state index contributed by atoms with van der Waals surface area (Å²) in [5.41, 5.74) is 5.38. The maximum atomic E-state index is 12.9. The molecule has 0 radical (unpaired) electrons. The van der Waals surface area contributed by atoms with Gasteiger partial charge in [0.2, 0.25) is 29.5 Å². The minimum atomic E-state index is -0.830. The zero-order valence-corrected chi connectivity index (χ0v) is 87.8. The number of Topliss-reactive ketones (excluding diaryl/α,β-unsaturated/α-hetero) is 4. The fourth-order valence-electron chi connectivity index (χ4n) is 15.3. The van der Waals surface area contributed by atoms with Crippen molar-refractivity contribution in [2.45, 2.75) is 429 Å². The van der Waals surface area contributed by atoms with Gasteiger partial charge in [-0.2, -0.15) is 0 Å². The van der Waals surface area contributed by atoms with Crippen molar-refractivity contribution in [3.8, 4) is 0 Å². The van der Waals surface area contributed by atoms with Gasteiger partial charge in [0.15, 0.2) is 0 Å². The van der Waals surface area contributed by atoms with Gasteiger partial charge in [0.1, 0.15) is 23.1 Å². The molecule has 10 N–H and O–H groups in total. The number of aliphatic hydroxyl groups excluding tert-OH is 2. The number of aromatic nitrogens is 1. The van der Waals surface area contributed by atoms with E-state index in [0.717, 1.165) is 152 Å². The predicted octanol–water partition coefficient (Wildman–Crippen LogP) is 24.7. The Kier molecular flexibility index (Phi) is 105. The van der Waals surface area contributed by atoms with Crippen LogP contribution in [0.25, 0.3) is 0 Å². The minimum absolute atomic E-state index is 0. The number of aliphatic hydroxyl groups is 3. The van der Waals surface area contributed by atoms with Crippen LogP contribution in [-0.4, -0.2) is 138 Å². The van der Waals surface area contributed by atoms with E-state index < -0.39 is 5.60 Å². The standard InChI is InChI=1S/C14H22N2O.2C13H25FO.C12H25NO2.C12H24O.C11H23NO2.C10H22N2O.C10H21NO2.C10H20O.2CH4/c1-4-7-13(11(2)3)14(17)16-10-12-8-5-6-9-15-12;2*1-5-6-7-13(10(2)3)12(9-14)8-11(4)15;1-6-7-10(9(2)3)11(14)13-8-12(4,5)15;1-5-6-7-12(10(2)3)9-8-11(4)13;1-4-5-6-10(9(2)3)11(14)12-7-8-13;1-4-5-9(8(2)3)10(13)12-7-6-11;1-4-5-9(8(2)3)10(13)11-6-7-12;1-5-7-9(8(3)4)10(11)6-2;;/h5-6,8-9,11,13H,4,7,10H2,1-3H3,(H,16,17);2*10,12-13H,5-9H2,1-4H3;9-10,15H,6-8H2,1-5H3,(H,13,14);10,12H,5-9H2,1-4H3;9-10,13H,4-8H2,1-3H3,(H,12,14);8-9H,4-7,11H2,1-3H3,(H,12,13);8-9,12H,4-7H2,1-3H3,(H,11,13);8-9H,5-7H2,1-4H3;2*1H4/t13-;12-,13+;12-,13-;10-;12-;10-;3*9-;;/m110110111../s1. The molecular formula is C107H215F2N7O12. The molecule has 19 nitrogen and oxygen atoms in total. The highest BCUT2D eigenvalue weighted by molar-refractivity contribution is 5.82. The van der Waals surface area contributed by atoms with Gasteiger partial charge in [-0.1, -0.05) is 305 Å². The van der Waals surface area contributed by atoms with Crippen LogP contribution in [0, 0.1) is 118 Å². The number of nitrogens with one attached hydrogen (secondary N) is 5.